The molecule has 2 saturated carbocycles. The molecule has 0 radical (unpaired) electrons. The number of carbonyl (C=O) groups is 1. The van der Waals surface area contributed by atoms with E-state index in [-0.39, 0.29) is 5.91 Å². The van der Waals surface area contributed by atoms with E-state index in [9.17, 15) is 13.2 Å². The summed E-state index contributed by atoms with van der Waals surface area (Å²) in [5.74, 6) is 1.19. The maximum Gasteiger partial charge on any atom is 0.255 e. The molecule has 2 aromatic carbocycles. The van der Waals surface area contributed by atoms with Crippen LogP contribution in [0.2, 0.25) is 0 Å². The van der Waals surface area contributed by atoms with Crippen LogP contribution in [0.5, 0.6) is 0 Å². The number of nitrogens with one attached hydrogen (secondary N) is 3. The quantitative estimate of drug-likeness (QED) is 0.636. The molecule has 1 amide bonds. The Hall–Kier alpha value is -2.38. The van der Waals surface area contributed by atoms with Crippen molar-refractivity contribution >= 4 is 27.3 Å². The van der Waals surface area contributed by atoms with Crippen molar-refractivity contribution in [3.63, 3.8) is 0 Å². The zero-order chi connectivity index (χ0) is 19.7. The first-order chi connectivity index (χ1) is 13.4. The zero-order valence-corrected chi connectivity index (χ0v) is 16.6. The van der Waals surface area contributed by atoms with E-state index < -0.39 is 10.0 Å². The molecule has 2 unspecified atom stereocenters. The van der Waals surface area contributed by atoms with Crippen molar-refractivity contribution in [3.05, 3.63) is 59.7 Å². The molecule has 0 heterocycles. The second-order valence-electron chi connectivity index (χ2n) is 7.83. The van der Waals surface area contributed by atoms with Crippen LogP contribution >= 0.6 is 0 Å². The van der Waals surface area contributed by atoms with Crippen LogP contribution in [0.1, 0.15) is 41.1 Å². The summed E-state index contributed by atoms with van der Waals surface area (Å²) in [7, 11) is -3.38. The predicted octanol–water partition coefficient (Wildman–Crippen LogP) is 3.17. The highest BCUT2D eigenvalue weighted by molar-refractivity contribution is 7.92. The van der Waals surface area contributed by atoms with Gasteiger partial charge in [-0.05, 0) is 67.6 Å². The Morgan fingerprint density at radius 1 is 1.07 bits per heavy atom. The van der Waals surface area contributed by atoms with Gasteiger partial charge >= 0.3 is 0 Å². The summed E-state index contributed by atoms with van der Waals surface area (Å²) in [6.45, 7) is 1.14. The predicted molar refractivity (Wildman–Crippen MR) is 111 cm³/mol. The molecule has 2 aliphatic carbocycles. The van der Waals surface area contributed by atoms with Crippen LogP contribution in [0.4, 0.5) is 11.4 Å². The maximum absolute atomic E-state index is 12.5. The summed E-state index contributed by atoms with van der Waals surface area (Å²) in [5.41, 5.74) is 2.78. The third kappa shape index (κ3) is 5.11. The van der Waals surface area contributed by atoms with Crippen LogP contribution < -0.4 is 15.4 Å². The Labute approximate surface area is 165 Å². The summed E-state index contributed by atoms with van der Waals surface area (Å²) in [6, 6.07) is 15.0. The van der Waals surface area contributed by atoms with E-state index in [1.807, 2.05) is 12.1 Å². The minimum atomic E-state index is -3.38. The van der Waals surface area contributed by atoms with Gasteiger partial charge in [-0.15, -0.1) is 0 Å². The average Bonchev–Trinajstić information content (AvgIpc) is 3.54. The maximum atomic E-state index is 12.5. The largest absolute Gasteiger partial charge is 0.322 e. The van der Waals surface area contributed by atoms with Gasteiger partial charge in [0.05, 0.1) is 6.26 Å². The van der Waals surface area contributed by atoms with Crippen LogP contribution in [0, 0.1) is 5.92 Å². The Morgan fingerprint density at radius 2 is 1.82 bits per heavy atom. The summed E-state index contributed by atoms with van der Waals surface area (Å²) in [6.07, 6.45) is 4.99. The first-order valence-electron chi connectivity index (χ1n) is 9.60. The van der Waals surface area contributed by atoms with Gasteiger partial charge in [0.1, 0.15) is 0 Å². The third-order valence-electron chi connectivity index (χ3n) is 5.18. The van der Waals surface area contributed by atoms with Crippen molar-refractivity contribution in [3.8, 4) is 0 Å². The van der Waals surface area contributed by atoms with E-state index in [1.165, 1.54) is 30.9 Å². The van der Waals surface area contributed by atoms with Gasteiger partial charge in [-0.25, -0.2) is 8.42 Å². The molecule has 0 spiro atoms. The van der Waals surface area contributed by atoms with E-state index >= 15 is 0 Å². The lowest BCUT2D eigenvalue weighted by Crippen LogP contribution is -2.20. The fraction of sp³-hybridized carbons (Fsp3) is 0.381. The van der Waals surface area contributed by atoms with E-state index in [2.05, 4.69) is 27.5 Å². The topological polar surface area (TPSA) is 87.3 Å². The summed E-state index contributed by atoms with van der Waals surface area (Å²) >= 11 is 0. The fourth-order valence-electron chi connectivity index (χ4n) is 3.38. The van der Waals surface area contributed by atoms with Crippen molar-refractivity contribution < 1.29 is 13.2 Å². The molecule has 2 aromatic rings. The zero-order valence-electron chi connectivity index (χ0n) is 15.8. The van der Waals surface area contributed by atoms with Crippen molar-refractivity contribution in [1.29, 1.82) is 0 Å². The molecule has 2 aliphatic rings. The van der Waals surface area contributed by atoms with Crippen LogP contribution in [-0.4, -0.2) is 33.2 Å². The smallest absolute Gasteiger partial charge is 0.255 e. The van der Waals surface area contributed by atoms with Gasteiger partial charge in [0.15, 0.2) is 0 Å². The van der Waals surface area contributed by atoms with Gasteiger partial charge in [0, 0.05) is 28.9 Å². The van der Waals surface area contributed by atoms with E-state index in [0.717, 1.165) is 24.4 Å². The lowest BCUT2D eigenvalue weighted by atomic mass is 10.1. The molecule has 0 saturated heterocycles. The Kier molecular flexibility index (Phi) is 5.12. The molecule has 0 bridgehead atoms. The standard InChI is InChI=1S/C21H25N3O3S/c1-28(26,27)24-18-4-2-3-16(11-18)21(25)23-17-9-7-15(8-10-17)19-12-20(19)22-13-14-5-6-14/h2-4,7-11,14,19-20,22,24H,5-6,12-13H2,1H3,(H,23,25). The number of hydrogen-bond acceptors (Lipinski definition) is 4. The van der Waals surface area contributed by atoms with Crippen LogP contribution in [0.15, 0.2) is 48.5 Å². The molecule has 7 heteroatoms. The number of anilines is 2. The van der Waals surface area contributed by atoms with E-state index in [0.29, 0.717) is 23.2 Å². The highest BCUT2D eigenvalue weighted by Gasteiger charge is 2.38. The van der Waals surface area contributed by atoms with Gasteiger partial charge < -0.3 is 10.6 Å². The highest BCUT2D eigenvalue weighted by atomic mass is 32.2. The SMILES string of the molecule is CS(=O)(=O)Nc1cccc(C(=O)Nc2ccc(C3CC3NCC3CC3)cc2)c1. The minimum absolute atomic E-state index is 0.278. The average molecular weight is 400 g/mol. The number of carbonyl (C=O) groups excluding carboxylic acids is 1. The normalized spacial score (nSPS) is 21.2. The van der Waals surface area contributed by atoms with Gasteiger partial charge in [0.2, 0.25) is 10.0 Å². The van der Waals surface area contributed by atoms with Crippen molar-refractivity contribution in [2.45, 2.75) is 31.2 Å². The van der Waals surface area contributed by atoms with E-state index in [1.54, 1.807) is 18.2 Å². The number of hydrogen-bond donors (Lipinski definition) is 3. The van der Waals surface area contributed by atoms with Gasteiger partial charge in [-0.3, -0.25) is 9.52 Å². The number of sulfonamides is 1. The fourth-order valence-corrected chi connectivity index (χ4v) is 3.94. The molecule has 6 nitrogen and oxygen atoms in total. The highest BCUT2D eigenvalue weighted by Crippen LogP contribution is 2.41. The molecule has 2 atom stereocenters. The first kappa shape index (κ1) is 19.0. The lowest BCUT2D eigenvalue weighted by Gasteiger charge is -2.09. The summed E-state index contributed by atoms with van der Waals surface area (Å²) in [4.78, 5) is 12.5. The summed E-state index contributed by atoms with van der Waals surface area (Å²) < 4.78 is 25.1. The number of rotatable bonds is 8. The molecule has 28 heavy (non-hydrogen) atoms. The van der Waals surface area contributed by atoms with Crippen molar-refractivity contribution in [2.75, 3.05) is 22.8 Å². The molecule has 3 N–H and O–H groups in total. The van der Waals surface area contributed by atoms with E-state index in [4.69, 9.17) is 0 Å². The lowest BCUT2D eigenvalue weighted by molar-refractivity contribution is 0.102. The van der Waals surface area contributed by atoms with Crippen LogP contribution in [0.3, 0.4) is 0 Å². The molecular formula is C21H25N3O3S. The Morgan fingerprint density at radius 3 is 2.50 bits per heavy atom. The van der Waals surface area contributed by atoms with Crippen molar-refractivity contribution in [1.82, 2.24) is 5.32 Å². The van der Waals surface area contributed by atoms with Crippen LogP contribution in [0.25, 0.3) is 0 Å². The van der Waals surface area contributed by atoms with Gasteiger partial charge in [-0.2, -0.15) is 0 Å². The first-order valence-corrected chi connectivity index (χ1v) is 11.5. The molecule has 0 aliphatic heterocycles. The monoisotopic (exact) mass is 399 g/mol. The minimum Gasteiger partial charge on any atom is -0.322 e. The molecule has 0 aromatic heterocycles. The molecule has 148 valence electrons. The van der Waals surface area contributed by atoms with Gasteiger partial charge in [-0.1, -0.05) is 18.2 Å². The Bertz CT molecular complexity index is 969. The van der Waals surface area contributed by atoms with Crippen molar-refractivity contribution in [2.24, 2.45) is 5.92 Å². The Balaban J connectivity index is 1.34. The number of amides is 1. The third-order valence-corrected chi connectivity index (χ3v) is 5.79. The second-order valence-corrected chi connectivity index (χ2v) is 9.58. The summed E-state index contributed by atoms with van der Waals surface area (Å²) in [5, 5.41) is 6.50. The molecular weight excluding hydrogens is 374 g/mol. The molecule has 4 rings (SSSR count). The molecule has 2 fully saturated rings. The second kappa shape index (κ2) is 7.56. The van der Waals surface area contributed by atoms with Gasteiger partial charge in [0.25, 0.3) is 5.91 Å². The number of benzene rings is 2. The van der Waals surface area contributed by atoms with Crippen LogP contribution in [-0.2, 0) is 10.0 Å².